The van der Waals surface area contributed by atoms with Gasteiger partial charge in [-0.05, 0) is 60.7 Å². The molecule has 0 radical (unpaired) electrons. The largest absolute Gasteiger partial charge is 0.341 e. The summed E-state index contributed by atoms with van der Waals surface area (Å²) in [5.74, 6) is 1.08. The number of hydrogen-bond donors (Lipinski definition) is 2. The highest BCUT2D eigenvalue weighted by Crippen LogP contribution is 2.26. The highest BCUT2D eigenvalue weighted by atomic mass is 16.5. The molecule has 2 aromatic carbocycles. The van der Waals surface area contributed by atoms with E-state index in [1.807, 2.05) is 65.0 Å². The van der Waals surface area contributed by atoms with Crippen molar-refractivity contribution in [3.8, 4) is 11.3 Å². The van der Waals surface area contributed by atoms with Gasteiger partial charge in [0.25, 0.3) is 0 Å². The first-order valence-corrected chi connectivity index (χ1v) is 12.5. The second kappa shape index (κ2) is 10.5. The molecule has 0 aliphatic heterocycles. The van der Waals surface area contributed by atoms with Gasteiger partial charge in [-0.25, -0.2) is 9.97 Å². The van der Waals surface area contributed by atoms with Gasteiger partial charge in [0.2, 0.25) is 5.95 Å². The predicted molar refractivity (Wildman–Crippen MR) is 145 cm³/mol. The summed E-state index contributed by atoms with van der Waals surface area (Å²) in [7, 11) is 0. The maximum absolute atomic E-state index is 12.7. The molecule has 0 bridgehead atoms. The molecule has 192 valence electrons. The Hall–Kier alpha value is -4.07. The van der Waals surface area contributed by atoms with Crippen molar-refractivity contribution in [3.05, 3.63) is 83.1 Å². The monoisotopic (exact) mass is 498 g/mol. The number of amides is 1. The Morgan fingerprint density at radius 1 is 0.973 bits per heavy atom. The number of benzene rings is 2. The van der Waals surface area contributed by atoms with Crippen LogP contribution in [0, 0.1) is 6.92 Å². The van der Waals surface area contributed by atoms with Gasteiger partial charge in [-0.15, -0.1) is 0 Å². The van der Waals surface area contributed by atoms with Gasteiger partial charge >= 0.3 is 11.8 Å². The number of rotatable bonds is 7. The highest BCUT2D eigenvalue weighted by Gasteiger charge is 2.25. The van der Waals surface area contributed by atoms with Crippen LogP contribution in [0.15, 0.2) is 59.3 Å². The fourth-order valence-corrected chi connectivity index (χ4v) is 3.94. The molecular weight excluding hydrogens is 464 g/mol. The van der Waals surface area contributed by atoms with Crippen LogP contribution in [0.2, 0.25) is 0 Å². The summed E-state index contributed by atoms with van der Waals surface area (Å²) in [6.07, 6.45) is 1.75. The Kier molecular flexibility index (Phi) is 7.38. The smallest absolute Gasteiger partial charge is 0.315 e. The minimum absolute atomic E-state index is 0.0362. The Labute approximate surface area is 218 Å². The molecular formula is C29H34N6O2. The van der Waals surface area contributed by atoms with E-state index >= 15 is 0 Å². The number of anilines is 2. The molecule has 1 atom stereocenters. The maximum atomic E-state index is 12.7. The number of aromatic nitrogens is 4. The summed E-state index contributed by atoms with van der Waals surface area (Å²) in [5, 5.41) is 10.2. The molecule has 0 saturated carbocycles. The van der Waals surface area contributed by atoms with E-state index in [0.29, 0.717) is 17.7 Å². The number of nitrogens with zero attached hydrogens (tertiary/aromatic N) is 4. The summed E-state index contributed by atoms with van der Waals surface area (Å²) in [4.78, 5) is 26.0. The number of nitrogens with one attached hydrogen (secondary N) is 2. The number of carbonyl (C=O) groups excluding carboxylic acids is 1. The minimum Gasteiger partial charge on any atom is -0.341 e. The van der Waals surface area contributed by atoms with Gasteiger partial charge in [-0.2, -0.15) is 4.98 Å². The van der Waals surface area contributed by atoms with Crippen LogP contribution >= 0.6 is 0 Å². The topological polar surface area (TPSA) is 106 Å². The molecule has 0 aliphatic carbocycles. The van der Waals surface area contributed by atoms with Crippen molar-refractivity contribution in [2.24, 2.45) is 0 Å². The van der Waals surface area contributed by atoms with Crippen LogP contribution in [0.1, 0.15) is 86.7 Å². The molecule has 8 nitrogen and oxygen atoms in total. The number of aryl methyl sites for hydroxylation is 1. The highest BCUT2D eigenvalue weighted by molar-refractivity contribution is 5.89. The van der Waals surface area contributed by atoms with Crippen molar-refractivity contribution >= 4 is 17.5 Å². The van der Waals surface area contributed by atoms with E-state index in [4.69, 9.17) is 9.51 Å². The van der Waals surface area contributed by atoms with E-state index in [1.165, 1.54) is 5.56 Å². The summed E-state index contributed by atoms with van der Waals surface area (Å²) in [5.41, 5.74) is 5.72. The number of hydrogen-bond acceptors (Lipinski definition) is 7. The third-order valence-electron chi connectivity index (χ3n) is 6.16. The second-order valence-corrected chi connectivity index (χ2v) is 10.6. The van der Waals surface area contributed by atoms with Crippen molar-refractivity contribution in [1.82, 2.24) is 25.4 Å². The molecule has 2 aromatic heterocycles. The van der Waals surface area contributed by atoms with E-state index in [2.05, 4.69) is 57.8 Å². The lowest BCUT2D eigenvalue weighted by atomic mass is 9.96. The van der Waals surface area contributed by atoms with Gasteiger partial charge < -0.3 is 15.2 Å². The molecule has 0 aliphatic rings. The van der Waals surface area contributed by atoms with Crippen molar-refractivity contribution < 1.29 is 9.32 Å². The van der Waals surface area contributed by atoms with Gasteiger partial charge in [0.05, 0.1) is 11.7 Å². The van der Waals surface area contributed by atoms with Crippen LogP contribution in [0.25, 0.3) is 11.3 Å². The molecule has 0 saturated heterocycles. The van der Waals surface area contributed by atoms with E-state index in [1.54, 1.807) is 6.20 Å². The Morgan fingerprint density at radius 3 is 2.32 bits per heavy atom. The van der Waals surface area contributed by atoms with Gasteiger partial charge in [-0.3, -0.25) is 4.79 Å². The van der Waals surface area contributed by atoms with E-state index in [9.17, 15) is 4.79 Å². The zero-order chi connectivity index (χ0) is 26.7. The van der Waals surface area contributed by atoms with E-state index in [-0.39, 0.29) is 17.3 Å². The van der Waals surface area contributed by atoms with Crippen LogP contribution in [0.5, 0.6) is 0 Å². The molecule has 8 heteroatoms. The molecule has 2 heterocycles. The van der Waals surface area contributed by atoms with Crippen molar-refractivity contribution in [1.29, 1.82) is 0 Å². The van der Waals surface area contributed by atoms with Crippen LogP contribution < -0.4 is 10.6 Å². The van der Waals surface area contributed by atoms with Crippen LogP contribution in [-0.4, -0.2) is 26.0 Å². The van der Waals surface area contributed by atoms with Crippen molar-refractivity contribution in [2.75, 3.05) is 5.32 Å². The van der Waals surface area contributed by atoms with Gasteiger partial charge in [0.1, 0.15) is 0 Å². The average molecular weight is 499 g/mol. The first-order valence-electron chi connectivity index (χ1n) is 12.5. The molecule has 2 N–H and O–H groups in total. The minimum atomic E-state index is -0.396. The summed E-state index contributed by atoms with van der Waals surface area (Å²) < 4.78 is 5.17. The summed E-state index contributed by atoms with van der Waals surface area (Å²) in [6.45, 7) is 14.2. The third kappa shape index (κ3) is 6.20. The van der Waals surface area contributed by atoms with Crippen molar-refractivity contribution in [3.63, 3.8) is 0 Å². The van der Waals surface area contributed by atoms with Crippen LogP contribution in [-0.2, 0) is 5.41 Å². The predicted octanol–water partition coefficient (Wildman–Crippen LogP) is 6.49. The van der Waals surface area contributed by atoms with E-state index in [0.717, 1.165) is 28.1 Å². The van der Waals surface area contributed by atoms with E-state index < -0.39 is 5.91 Å². The molecule has 4 aromatic rings. The molecule has 37 heavy (non-hydrogen) atoms. The van der Waals surface area contributed by atoms with Gasteiger partial charge in [0.15, 0.2) is 5.82 Å². The Balaban J connectivity index is 1.46. The van der Waals surface area contributed by atoms with Crippen LogP contribution in [0.3, 0.4) is 0 Å². The Morgan fingerprint density at radius 2 is 1.70 bits per heavy atom. The quantitative estimate of drug-likeness (QED) is 0.300. The molecule has 0 unspecified atom stereocenters. The molecule has 0 spiro atoms. The zero-order valence-corrected chi connectivity index (χ0v) is 22.5. The molecule has 0 fully saturated rings. The number of carbonyl (C=O) groups is 1. The fraction of sp³-hybridized carbons (Fsp3) is 0.345. The second-order valence-electron chi connectivity index (χ2n) is 10.6. The first kappa shape index (κ1) is 26.0. The third-order valence-corrected chi connectivity index (χ3v) is 6.16. The normalized spacial score (nSPS) is 12.4. The summed E-state index contributed by atoms with van der Waals surface area (Å²) >= 11 is 0. The van der Waals surface area contributed by atoms with Gasteiger partial charge in [-0.1, -0.05) is 64.0 Å². The lowest BCUT2D eigenvalue weighted by molar-refractivity contribution is 0.0895. The SMILES string of the molecule is Cc1cc(-c2ccnc(Nc3ccc(C(C)C)cc3)n2)ccc1[C@@H](C)NC(=O)c1nc(C(C)(C)C)no1. The summed E-state index contributed by atoms with van der Waals surface area (Å²) in [6, 6.07) is 16.0. The first-order chi connectivity index (χ1) is 17.5. The molecule has 4 rings (SSSR count). The van der Waals surface area contributed by atoms with Gasteiger partial charge in [0, 0.05) is 22.9 Å². The lowest BCUT2D eigenvalue weighted by Crippen LogP contribution is -2.27. The van der Waals surface area contributed by atoms with Crippen molar-refractivity contribution in [2.45, 2.75) is 65.8 Å². The van der Waals surface area contributed by atoms with Crippen LogP contribution in [0.4, 0.5) is 11.6 Å². The molecule has 1 amide bonds. The lowest BCUT2D eigenvalue weighted by Gasteiger charge is -2.16. The fourth-order valence-electron chi connectivity index (χ4n) is 3.94. The average Bonchev–Trinajstić information content (AvgIpc) is 3.36. The standard InChI is InChI=1S/C29H34N6O2/c1-17(2)20-8-11-22(12-9-20)32-28-30-15-14-24(33-28)21-10-13-23(18(3)16-21)19(4)31-25(36)26-34-27(35-37-26)29(5,6)7/h8-17,19H,1-7H3,(H,31,36)(H,30,32,33)/t19-/m1/s1. The Bertz CT molecular complexity index is 1390. The zero-order valence-electron chi connectivity index (χ0n) is 22.5. The maximum Gasteiger partial charge on any atom is 0.315 e.